The number of hydrogen-bond donors (Lipinski definition) is 1. The molecule has 0 aliphatic rings. The largest absolute Gasteiger partial charge is 0.383 e. The highest BCUT2D eigenvalue weighted by Gasteiger charge is 2.28. The van der Waals surface area contributed by atoms with Gasteiger partial charge in [-0.05, 0) is 0 Å². The number of nitrogens with one attached hydrogen (secondary N) is 1. The van der Waals surface area contributed by atoms with Gasteiger partial charge in [0.1, 0.15) is 0 Å². The predicted octanol–water partition coefficient (Wildman–Crippen LogP) is 0.372. The molecule has 0 atom stereocenters. The third-order valence-electron chi connectivity index (χ3n) is 2.13. The Morgan fingerprint density at radius 1 is 1.45 bits per heavy atom. The molecule has 0 saturated carbocycles. The molecule has 0 aliphatic carbocycles. The zero-order chi connectivity index (χ0) is 15.2. The topological polar surface area (TPSA) is 101 Å². The zero-order valence-corrected chi connectivity index (χ0v) is 13.4. The molecular weight excluding hydrogens is 328 g/mol. The van der Waals surface area contributed by atoms with E-state index in [1.165, 1.54) is 18.3 Å². The molecule has 114 valence electrons. The SMILES string of the molecule is COCCN(CCCl)S(=O)(=O)c1nnc(NC(C)=O)s1. The van der Waals surface area contributed by atoms with E-state index in [2.05, 4.69) is 15.5 Å². The highest BCUT2D eigenvalue weighted by molar-refractivity contribution is 7.91. The number of anilines is 1. The second kappa shape index (κ2) is 7.84. The number of carbonyl (C=O) groups excluding carboxylic acids is 1. The van der Waals surface area contributed by atoms with Crippen LogP contribution in [0.2, 0.25) is 0 Å². The third-order valence-corrected chi connectivity index (χ3v) is 5.38. The van der Waals surface area contributed by atoms with Crippen LogP contribution in [0, 0.1) is 0 Å². The lowest BCUT2D eigenvalue weighted by atomic mass is 10.6. The molecule has 1 aromatic heterocycles. The first kappa shape index (κ1) is 17.2. The quantitative estimate of drug-likeness (QED) is 0.541. The number of carbonyl (C=O) groups is 1. The molecule has 20 heavy (non-hydrogen) atoms. The first-order valence-corrected chi connectivity index (χ1v) is 8.37. The van der Waals surface area contributed by atoms with Gasteiger partial charge in [0.2, 0.25) is 15.4 Å². The molecule has 0 fully saturated rings. The molecule has 8 nitrogen and oxygen atoms in total. The maximum Gasteiger partial charge on any atom is 0.272 e. The molecule has 11 heteroatoms. The van der Waals surface area contributed by atoms with E-state index in [9.17, 15) is 13.2 Å². The number of ether oxygens (including phenoxy) is 1. The van der Waals surface area contributed by atoms with E-state index in [-0.39, 0.29) is 41.0 Å². The van der Waals surface area contributed by atoms with Gasteiger partial charge >= 0.3 is 0 Å². The van der Waals surface area contributed by atoms with Crippen LogP contribution < -0.4 is 5.32 Å². The van der Waals surface area contributed by atoms with Crippen LogP contribution in [0.3, 0.4) is 0 Å². The number of aromatic nitrogens is 2. The van der Waals surface area contributed by atoms with Crippen molar-refractivity contribution in [3.63, 3.8) is 0 Å². The lowest BCUT2D eigenvalue weighted by molar-refractivity contribution is -0.114. The smallest absolute Gasteiger partial charge is 0.272 e. The van der Waals surface area contributed by atoms with E-state index in [1.807, 2.05) is 0 Å². The van der Waals surface area contributed by atoms with Gasteiger partial charge in [0, 0.05) is 33.0 Å². The van der Waals surface area contributed by atoms with Gasteiger partial charge in [-0.25, -0.2) is 8.42 Å². The minimum Gasteiger partial charge on any atom is -0.383 e. The molecule has 0 radical (unpaired) electrons. The van der Waals surface area contributed by atoms with Crippen molar-refractivity contribution in [2.45, 2.75) is 11.3 Å². The molecule has 0 aromatic carbocycles. The van der Waals surface area contributed by atoms with Gasteiger partial charge in [0.25, 0.3) is 10.0 Å². The number of halogens is 1. The molecule has 0 spiro atoms. The Labute approximate surface area is 126 Å². The second-order valence-electron chi connectivity index (χ2n) is 3.64. The highest BCUT2D eigenvalue weighted by atomic mass is 35.5. The normalized spacial score (nSPS) is 11.8. The van der Waals surface area contributed by atoms with Gasteiger partial charge < -0.3 is 10.1 Å². The first-order valence-electron chi connectivity index (χ1n) is 5.58. The van der Waals surface area contributed by atoms with Crippen LogP contribution in [0.1, 0.15) is 6.92 Å². The average Bonchev–Trinajstić information content (AvgIpc) is 2.82. The van der Waals surface area contributed by atoms with Crippen LogP contribution in [-0.4, -0.2) is 61.5 Å². The van der Waals surface area contributed by atoms with Crippen LogP contribution in [0.15, 0.2) is 4.34 Å². The Morgan fingerprint density at radius 3 is 2.70 bits per heavy atom. The van der Waals surface area contributed by atoms with E-state index in [0.29, 0.717) is 0 Å². The standard InChI is InChI=1S/C9H15ClN4O4S2/c1-7(15)11-8-12-13-9(19-8)20(16,17)14(4-3-10)5-6-18-2/h3-6H2,1-2H3,(H,11,12,15). The minimum absolute atomic E-state index is 0.133. The zero-order valence-electron chi connectivity index (χ0n) is 11.0. The van der Waals surface area contributed by atoms with Gasteiger partial charge in [-0.2, -0.15) is 4.31 Å². The van der Waals surface area contributed by atoms with Crippen molar-refractivity contribution >= 4 is 44.0 Å². The highest BCUT2D eigenvalue weighted by Crippen LogP contribution is 2.23. The fourth-order valence-electron chi connectivity index (χ4n) is 1.27. The summed E-state index contributed by atoms with van der Waals surface area (Å²) in [7, 11) is -2.31. The van der Waals surface area contributed by atoms with Crippen LogP contribution >= 0.6 is 22.9 Å². The second-order valence-corrected chi connectivity index (χ2v) is 7.11. The molecule has 1 N–H and O–H groups in total. The number of alkyl halides is 1. The summed E-state index contributed by atoms with van der Waals surface area (Å²) in [4.78, 5) is 10.9. The van der Waals surface area contributed by atoms with E-state index in [1.54, 1.807) is 0 Å². The number of amides is 1. The van der Waals surface area contributed by atoms with Gasteiger partial charge in [-0.15, -0.1) is 21.8 Å². The van der Waals surface area contributed by atoms with Crippen molar-refractivity contribution in [2.24, 2.45) is 0 Å². The summed E-state index contributed by atoms with van der Waals surface area (Å²) in [5, 5.41) is 9.72. The molecule has 1 heterocycles. The molecule has 1 aromatic rings. The van der Waals surface area contributed by atoms with Gasteiger partial charge in [-0.1, -0.05) is 11.3 Å². The molecule has 0 saturated heterocycles. The molecule has 0 bridgehead atoms. The van der Waals surface area contributed by atoms with Gasteiger partial charge in [0.05, 0.1) is 6.61 Å². The van der Waals surface area contributed by atoms with E-state index >= 15 is 0 Å². The van der Waals surface area contributed by atoms with E-state index in [0.717, 1.165) is 11.3 Å². The Hall–Kier alpha value is -0.810. The maximum absolute atomic E-state index is 12.3. The summed E-state index contributed by atoms with van der Waals surface area (Å²) in [5.41, 5.74) is 0. The fraction of sp³-hybridized carbons (Fsp3) is 0.667. The van der Waals surface area contributed by atoms with Crippen molar-refractivity contribution in [2.75, 3.05) is 38.0 Å². The third kappa shape index (κ3) is 4.63. The number of methoxy groups -OCH3 is 1. The van der Waals surface area contributed by atoms with Crippen LogP contribution in [-0.2, 0) is 19.6 Å². The number of nitrogens with zero attached hydrogens (tertiary/aromatic N) is 3. The van der Waals surface area contributed by atoms with Crippen molar-refractivity contribution in [3.8, 4) is 0 Å². The molecular formula is C9H15ClN4O4S2. The van der Waals surface area contributed by atoms with E-state index < -0.39 is 10.0 Å². The molecule has 1 amide bonds. The summed E-state index contributed by atoms with van der Waals surface area (Å²) in [5.74, 6) is -0.192. The monoisotopic (exact) mass is 342 g/mol. The first-order chi connectivity index (χ1) is 9.41. The maximum atomic E-state index is 12.3. The van der Waals surface area contributed by atoms with Crippen molar-refractivity contribution in [1.82, 2.24) is 14.5 Å². The summed E-state index contributed by atoms with van der Waals surface area (Å²) in [6.45, 7) is 1.85. The molecule has 0 unspecified atom stereocenters. The lowest BCUT2D eigenvalue weighted by Gasteiger charge is -2.18. The molecule has 1 rings (SSSR count). The number of hydrogen-bond acceptors (Lipinski definition) is 7. The van der Waals surface area contributed by atoms with Crippen LogP contribution in [0.25, 0.3) is 0 Å². The fourth-order valence-corrected chi connectivity index (χ4v) is 4.08. The number of rotatable bonds is 8. The number of sulfonamides is 1. The van der Waals surface area contributed by atoms with Gasteiger partial charge in [-0.3, -0.25) is 4.79 Å². The minimum atomic E-state index is -3.79. The average molecular weight is 343 g/mol. The summed E-state index contributed by atoms with van der Waals surface area (Å²) in [6.07, 6.45) is 0. The van der Waals surface area contributed by atoms with Crippen LogP contribution in [0.5, 0.6) is 0 Å². The summed E-state index contributed by atoms with van der Waals surface area (Å²) in [6, 6.07) is 0. The van der Waals surface area contributed by atoms with Gasteiger partial charge in [0.15, 0.2) is 0 Å². The Kier molecular flexibility index (Phi) is 6.76. The molecule has 0 aliphatic heterocycles. The Morgan fingerprint density at radius 2 is 2.15 bits per heavy atom. The Balaban J connectivity index is 2.94. The summed E-state index contributed by atoms with van der Waals surface area (Å²) >= 11 is 6.39. The van der Waals surface area contributed by atoms with Crippen molar-refractivity contribution in [3.05, 3.63) is 0 Å². The van der Waals surface area contributed by atoms with Crippen LogP contribution in [0.4, 0.5) is 5.13 Å². The van der Waals surface area contributed by atoms with Crippen molar-refractivity contribution in [1.29, 1.82) is 0 Å². The van der Waals surface area contributed by atoms with E-state index in [4.69, 9.17) is 16.3 Å². The predicted molar refractivity (Wildman–Crippen MR) is 75.6 cm³/mol. The Bertz CT molecular complexity index is 548. The summed E-state index contributed by atoms with van der Waals surface area (Å²) < 4.78 is 30.5. The van der Waals surface area contributed by atoms with Crippen molar-refractivity contribution < 1.29 is 17.9 Å². The lowest BCUT2D eigenvalue weighted by Crippen LogP contribution is -2.35.